The summed E-state index contributed by atoms with van der Waals surface area (Å²) >= 11 is 0. The van der Waals surface area contributed by atoms with E-state index >= 15 is 0 Å². The lowest BCUT2D eigenvalue weighted by Gasteiger charge is -2.49. The summed E-state index contributed by atoms with van der Waals surface area (Å²) < 4.78 is 0. The number of hydrogen-bond acceptors (Lipinski definition) is 4. The Morgan fingerprint density at radius 1 is 1.21 bits per heavy atom. The number of primary amides is 1. The second-order valence-corrected chi connectivity index (χ2v) is 7.71. The van der Waals surface area contributed by atoms with Crippen LogP contribution in [0, 0.1) is 0 Å². The van der Waals surface area contributed by atoms with Crippen molar-refractivity contribution in [3.05, 3.63) is 23.3 Å². The number of nitrogens with zero attached hydrogens (tertiary/aromatic N) is 1. The minimum atomic E-state index is -0.278. The van der Waals surface area contributed by atoms with Gasteiger partial charge in [0.25, 0.3) is 0 Å². The third-order valence-electron chi connectivity index (χ3n) is 6.08. The van der Waals surface area contributed by atoms with Gasteiger partial charge in [-0.2, -0.15) is 0 Å². The molecule has 1 atom stereocenters. The minimum Gasteiger partial charge on any atom is -0.376 e. The molecule has 1 amide bonds. The van der Waals surface area contributed by atoms with E-state index in [9.17, 15) is 4.79 Å². The number of carbonyl (C=O) groups excluding carboxylic acids is 1. The summed E-state index contributed by atoms with van der Waals surface area (Å²) in [4.78, 5) is 14.2. The Morgan fingerprint density at radius 2 is 1.88 bits per heavy atom. The van der Waals surface area contributed by atoms with E-state index < -0.39 is 0 Å². The molecule has 130 valence electrons. The van der Waals surface area contributed by atoms with Crippen LogP contribution in [-0.4, -0.2) is 37.1 Å². The van der Waals surface area contributed by atoms with E-state index in [1.54, 1.807) is 0 Å². The third kappa shape index (κ3) is 2.65. The number of rotatable bonds is 2. The van der Waals surface area contributed by atoms with Crippen molar-refractivity contribution in [1.29, 1.82) is 0 Å². The predicted octanol–water partition coefficient (Wildman–Crippen LogP) is 1.79. The van der Waals surface area contributed by atoms with Gasteiger partial charge in [0.1, 0.15) is 6.04 Å². The summed E-state index contributed by atoms with van der Waals surface area (Å²) in [6, 6.07) is 4.37. The average Bonchev–Trinajstić information content (AvgIpc) is 2.59. The lowest BCUT2D eigenvalue weighted by molar-refractivity contribution is -0.119. The van der Waals surface area contributed by atoms with Crippen molar-refractivity contribution in [2.45, 2.75) is 57.0 Å². The minimum absolute atomic E-state index is 0.0465. The van der Waals surface area contributed by atoms with Crippen LogP contribution in [0.5, 0.6) is 0 Å². The topological polar surface area (TPSA) is 70.4 Å². The largest absolute Gasteiger partial charge is 0.376 e. The van der Waals surface area contributed by atoms with Crippen molar-refractivity contribution >= 4 is 17.3 Å². The van der Waals surface area contributed by atoms with Crippen LogP contribution in [0.3, 0.4) is 0 Å². The van der Waals surface area contributed by atoms with Gasteiger partial charge < -0.3 is 21.3 Å². The fourth-order valence-electron chi connectivity index (χ4n) is 4.53. The molecule has 5 nitrogen and oxygen atoms in total. The van der Waals surface area contributed by atoms with E-state index in [2.05, 4.69) is 27.7 Å². The van der Waals surface area contributed by atoms with E-state index in [4.69, 9.17) is 5.73 Å². The van der Waals surface area contributed by atoms with Crippen molar-refractivity contribution in [3.8, 4) is 0 Å². The first-order valence-electron chi connectivity index (χ1n) is 9.29. The second-order valence-electron chi connectivity index (χ2n) is 7.71. The number of fused-ring (bicyclic) bond motifs is 2. The highest BCUT2D eigenvalue weighted by atomic mass is 16.1. The van der Waals surface area contributed by atoms with Gasteiger partial charge in [0.05, 0.1) is 16.9 Å². The Hall–Kier alpha value is -1.75. The molecule has 1 aliphatic carbocycles. The first kappa shape index (κ1) is 15.8. The Kier molecular flexibility index (Phi) is 3.91. The molecule has 1 saturated heterocycles. The predicted molar refractivity (Wildman–Crippen MR) is 97.5 cm³/mol. The number of carbonyl (C=O) groups is 1. The lowest BCUT2D eigenvalue weighted by Crippen LogP contribution is -2.60. The number of nitrogens with one attached hydrogen (secondary N) is 2. The van der Waals surface area contributed by atoms with Crippen LogP contribution in [0.1, 0.15) is 43.7 Å². The molecule has 1 spiro atoms. The molecule has 1 aromatic rings. The van der Waals surface area contributed by atoms with Crippen molar-refractivity contribution in [3.63, 3.8) is 0 Å². The second kappa shape index (κ2) is 5.96. The van der Waals surface area contributed by atoms with Crippen molar-refractivity contribution in [2.75, 3.05) is 29.9 Å². The smallest absolute Gasteiger partial charge is 0.239 e. The lowest BCUT2D eigenvalue weighted by atomic mass is 9.83. The first-order chi connectivity index (χ1) is 11.6. The molecule has 3 aliphatic rings. The zero-order valence-electron chi connectivity index (χ0n) is 14.5. The van der Waals surface area contributed by atoms with Gasteiger partial charge in [0, 0.05) is 6.54 Å². The first-order valence-corrected chi connectivity index (χ1v) is 9.29. The van der Waals surface area contributed by atoms with Gasteiger partial charge in [-0.15, -0.1) is 0 Å². The maximum absolute atomic E-state index is 11.9. The monoisotopic (exact) mass is 328 g/mol. The molecule has 4 rings (SSSR count). The van der Waals surface area contributed by atoms with Gasteiger partial charge in [-0.3, -0.25) is 4.79 Å². The van der Waals surface area contributed by atoms with Crippen LogP contribution in [0.4, 0.5) is 11.4 Å². The van der Waals surface area contributed by atoms with Gasteiger partial charge in [-0.1, -0.05) is 0 Å². The summed E-state index contributed by atoms with van der Waals surface area (Å²) in [6.45, 7) is 4.83. The Morgan fingerprint density at radius 3 is 2.54 bits per heavy atom. The molecule has 1 unspecified atom stereocenters. The quantitative estimate of drug-likeness (QED) is 0.774. The Bertz CT molecular complexity index is 651. The van der Waals surface area contributed by atoms with Crippen LogP contribution in [0.25, 0.3) is 0 Å². The molecule has 2 aliphatic heterocycles. The van der Waals surface area contributed by atoms with Gasteiger partial charge in [-0.05, 0) is 81.8 Å². The van der Waals surface area contributed by atoms with Gasteiger partial charge >= 0.3 is 0 Å². The van der Waals surface area contributed by atoms with E-state index in [-0.39, 0.29) is 17.5 Å². The zero-order valence-corrected chi connectivity index (χ0v) is 14.5. The Balaban J connectivity index is 1.77. The van der Waals surface area contributed by atoms with Gasteiger partial charge in [-0.25, -0.2) is 0 Å². The molecule has 0 radical (unpaired) electrons. The number of anilines is 2. The Labute approximate surface area is 144 Å². The van der Waals surface area contributed by atoms with Gasteiger partial charge in [0.15, 0.2) is 0 Å². The number of nitrogens with two attached hydrogens (primary N) is 1. The fourth-order valence-corrected chi connectivity index (χ4v) is 4.53. The maximum atomic E-state index is 11.9. The molecular weight excluding hydrogens is 300 g/mol. The van der Waals surface area contributed by atoms with E-state index in [0.29, 0.717) is 0 Å². The molecule has 4 N–H and O–H groups in total. The van der Waals surface area contributed by atoms with Crippen LogP contribution in [-0.2, 0) is 17.6 Å². The molecule has 5 heteroatoms. The molecule has 0 aromatic heterocycles. The average molecular weight is 328 g/mol. The molecule has 24 heavy (non-hydrogen) atoms. The molecule has 0 saturated carbocycles. The van der Waals surface area contributed by atoms with Crippen molar-refractivity contribution < 1.29 is 4.79 Å². The van der Waals surface area contributed by atoms with Crippen LogP contribution in [0.2, 0.25) is 0 Å². The van der Waals surface area contributed by atoms with Gasteiger partial charge in [0.2, 0.25) is 5.91 Å². The maximum Gasteiger partial charge on any atom is 0.239 e. The molecule has 2 heterocycles. The zero-order chi connectivity index (χ0) is 16.7. The van der Waals surface area contributed by atoms with E-state index in [1.807, 2.05) is 6.92 Å². The summed E-state index contributed by atoms with van der Waals surface area (Å²) in [5, 5.41) is 7.30. The summed E-state index contributed by atoms with van der Waals surface area (Å²) in [5.41, 5.74) is 11.0. The highest BCUT2D eigenvalue weighted by Crippen LogP contribution is 2.42. The normalized spacial score (nSPS) is 23.1. The number of aryl methyl sites for hydroxylation is 2. The van der Waals surface area contributed by atoms with E-state index in [1.165, 1.54) is 36.1 Å². The van der Waals surface area contributed by atoms with Crippen LogP contribution < -0.4 is 21.3 Å². The number of benzene rings is 1. The number of piperidine rings is 1. The summed E-state index contributed by atoms with van der Waals surface area (Å²) in [6.07, 6.45) is 7.01. The summed E-state index contributed by atoms with van der Waals surface area (Å²) in [7, 11) is 0. The fraction of sp³-hybridized carbons (Fsp3) is 0.632. The highest BCUT2D eigenvalue weighted by molar-refractivity contribution is 5.87. The standard InChI is InChI=1S/C19H28N4O/c1-13(18(20)24)23-12-19(6-8-21-9-7-19)22-16-10-14-4-2-3-5-15(14)11-17(16)23/h10-11,13,21-22H,2-9,12H2,1H3,(H2,20,24). The van der Waals surface area contributed by atoms with Crippen LogP contribution in [0.15, 0.2) is 12.1 Å². The van der Waals surface area contributed by atoms with Crippen molar-refractivity contribution in [2.24, 2.45) is 5.73 Å². The third-order valence-corrected chi connectivity index (χ3v) is 6.08. The summed E-state index contributed by atoms with van der Waals surface area (Å²) in [5.74, 6) is -0.246. The molecule has 0 bridgehead atoms. The van der Waals surface area contributed by atoms with E-state index in [0.717, 1.165) is 44.6 Å². The number of amides is 1. The van der Waals surface area contributed by atoms with Crippen LogP contribution >= 0.6 is 0 Å². The highest BCUT2D eigenvalue weighted by Gasteiger charge is 2.41. The molecule has 1 fully saturated rings. The van der Waals surface area contributed by atoms with Crippen molar-refractivity contribution in [1.82, 2.24) is 5.32 Å². The molecule has 1 aromatic carbocycles. The SMILES string of the molecule is CC(C(N)=O)N1CC2(CCNCC2)Nc2cc3c(cc21)CCCC3. The molecular formula is C19H28N4O. The number of hydrogen-bond donors (Lipinski definition) is 3.